The summed E-state index contributed by atoms with van der Waals surface area (Å²) < 4.78 is 77.0. The topological polar surface area (TPSA) is 142 Å². The summed E-state index contributed by atoms with van der Waals surface area (Å²) in [5.41, 5.74) is 1.57. The molecule has 0 amide bonds. The second kappa shape index (κ2) is 12.1. The number of rotatable bonds is 8. The van der Waals surface area contributed by atoms with E-state index in [2.05, 4.69) is 10.7 Å². The summed E-state index contributed by atoms with van der Waals surface area (Å²) in [6.45, 7) is -0.659. The van der Waals surface area contributed by atoms with Crippen LogP contribution in [0.25, 0.3) is 0 Å². The third-order valence-corrected chi connectivity index (χ3v) is 4.28. The fourth-order valence-corrected chi connectivity index (χ4v) is 2.80. The number of carboxylic acids is 2. The van der Waals surface area contributed by atoms with E-state index in [1.54, 1.807) is 0 Å². The van der Waals surface area contributed by atoms with Crippen LogP contribution in [-0.4, -0.2) is 81.4 Å². The Hall–Kier alpha value is -2.46. The van der Waals surface area contributed by atoms with Gasteiger partial charge in [0.25, 0.3) is 0 Å². The first-order chi connectivity index (χ1) is 15.1. The van der Waals surface area contributed by atoms with Crippen LogP contribution in [0, 0.1) is 0 Å². The zero-order valence-electron chi connectivity index (χ0n) is 16.9. The van der Waals surface area contributed by atoms with Gasteiger partial charge in [0.05, 0.1) is 5.56 Å². The van der Waals surface area contributed by atoms with Crippen LogP contribution in [0.15, 0.2) is 24.3 Å². The Kier molecular flexibility index (Phi) is 10.5. The van der Waals surface area contributed by atoms with Crippen molar-refractivity contribution in [1.82, 2.24) is 15.8 Å². The molecule has 1 fully saturated rings. The lowest BCUT2D eigenvalue weighted by Crippen LogP contribution is -2.49. The van der Waals surface area contributed by atoms with E-state index in [9.17, 15) is 35.9 Å². The molecule has 1 aliphatic heterocycles. The Morgan fingerprint density at radius 3 is 2.03 bits per heavy atom. The third-order valence-electron chi connectivity index (χ3n) is 4.28. The van der Waals surface area contributed by atoms with Crippen LogP contribution < -0.4 is 10.7 Å². The Balaban J connectivity index is 0.000000461. The van der Waals surface area contributed by atoms with Crippen LogP contribution in [-0.2, 0) is 22.3 Å². The second-order valence-electron chi connectivity index (χ2n) is 7.01. The number of carbonyl (C=O) groups is 2. The molecule has 0 radical (unpaired) electrons. The zero-order chi connectivity index (χ0) is 25.4. The van der Waals surface area contributed by atoms with Gasteiger partial charge in [0.2, 0.25) is 0 Å². The fraction of sp³-hybridized carbons (Fsp3) is 0.556. The molecule has 0 spiro atoms. The number of hydrazine groups is 1. The summed E-state index contributed by atoms with van der Waals surface area (Å²) in [5, 5.41) is 36.3. The van der Waals surface area contributed by atoms with Crippen molar-refractivity contribution >= 4 is 11.9 Å². The van der Waals surface area contributed by atoms with Crippen LogP contribution >= 0.6 is 0 Å². The van der Waals surface area contributed by atoms with Gasteiger partial charge in [-0.1, -0.05) is 18.2 Å². The zero-order valence-corrected chi connectivity index (χ0v) is 16.9. The molecule has 1 aromatic rings. The molecular formula is C18H23F6N3O6. The molecule has 1 aromatic carbocycles. The van der Waals surface area contributed by atoms with E-state index in [1.165, 1.54) is 18.2 Å². The maximum Gasteiger partial charge on any atom is 0.416 e. The lowest BCUT2D eigenvalue weighted by atomic mass is 10.1. The molecule has 1 heterocycles. The number of aliphatic hydroxyl groups is 2. The number of hydrogen-bond donors (Lipinski definition) is 6. The van der Waals surface area contributed by atoms with Crippen molar-refractivity contribution in [2.75, 3.05) is 19.6 Å². The standard InChI is InChI=1S/C14H17F6N3.C4H6O6/c15-13(16,17)9-23(22-11-5-6-21-7-11)8-10-3-1-2-4-12(10)14(18,19)20;5-1(3(7)8)2(6)4(9)10/h1-4,11,21-22H,5-9H2;1-2,5-6H,(H,7,8)(H,9,10)/t11-;/m0./s1. The minimum absolute atomic E-state index is 0.192. The molecule has 2 rings (SSSR count). The van der Waals surface area contributed by atoms with Crippen LogP contribution in [0.2, 0.25) is 0 Å². The van der Waals surface area contributed by atoms with Gasteiger partial charge in [-0.15, -0.1) is 0 Å². The van der Waals surface area contributed by atoms with Gasteiger partial charge >= 0.3 is 24.3 Å². The van der Waals surface area contributed by atoms with Crippen molar-refractivity contribution in [3.8, 4) is 0 Å². The molecule has 15 heteroatoms. The minimum atomic E-state index is -4.60. The van der Waals surface area contributed by atoms with E-state index >= 15 is 0 Å². The highest BCUT2D eigenvalue weighted by molar-refractivity contribution is 5.83. The van der Waals surface area contributed by atoms with Crippen molar-refractivity contribution in [3.63, 3.8) is 0 Å². The van der Waals surface area contributed by atoms with Crippen LogP contribution in [0.3, 0.4) is 0 Å². The maximum absolute atomic E-state index is 13.0. The van der Waals surface area contributed by atoms with Crippen molar-refractivity contribution in [1.29, 1.82) is 0 Å². The predicted octanol–water partition coefficient (Wildman–Crippen LogP) is 0.814. The van der Waals surface area contributed by atoms with Gasteiger partial charge in [0.15, 0.2) is 12.2 Å². The summed E-state index contributed by atoms with van der Waals surface area (Å²) in [6, 6.07) is 4.44. The molecule has 6 N–H and O–H groups in total. The Morgan fingerprint density at radius 1 is 1.06 bits per heavy atom. The number of aliphatic hydroxyl groups excluding tert-OH is 2. The van der Waals surface area contributed by atoms with E-state index in [0.717, 1.165) is 11.1 Å². The second-order valence-corrected chi connectivity index (χ2v) is 7.01. The van der Waals surface area contributed by atoms with E-state index in [1.807, 2.05) is 0 Å². The number of alkyl halides is 6. The highest BCUT2D eigenvalue weighted by atomic mass is 19.4. The maximum atomic E-state index is 13.0. The Morgan fingerprint density at radius 2 is 1.61 bits per heavy atom. The highest BCUT2D eigenvalue weighted by Gasteiger charge is 2.36. The van der Waals surface area contributed by atoms with Gasteiger partial charge in [0, 0.05) is 19.1 Å². The first kappa shape index (κ1) is 28.6. The number of benzene rings is 1. The average Bonchev–Trinajstić information content (AvgIpc) is 3.18. The molecule has 1 aliphatic rings. The Bertz CT molecular complexity index is 768. The van der Waals surface area contributed by atoms with E-state index in [-0.39, 0.29) is 11.6 Å². The lowest BCUT2D eigenvalue weighted by molar-refractivity contribution is -0.165. The summed E-state index contributed by atoms with van der Waals surface area (Å²) in [4.78, 5) is 19.5. The fourth-order valence-electron chi connectivity index (χ4n) is 2.80. The molecule has 0 aliphatic carbocycles. The summed E-state index contributed by atoms with van der Waals surface area (Å²) in [5.74, 6) is -3.54. The van der Waals surface area contributed by atoms with Gasteiger partial charge in [-0.25, -0.2) is 14.6 Å². The van der Waals surface area contributed by atoms with E-state index < -0.39 is 55.2 Å². The summed E-state index contributed by atoms with van der Waals surface area (Å²) in [6.07, 6.45) is -13.0. The van der Waals surface area contributed by atoms with Crippen molar-refractivity contribution < 1.29 is 56.4 Å². The summed E-state index contributed by atoms with van der Waals surface area (Å²) in [7, 11) is 0. The number of aliphatic carboxylic acids is 2. The molecule has 0 bridgehead atoms. The number of hydrogen-bond acceptors (Lipinski definition) is 7. The normalized spacial score (nSPS) is 18.4. The van der Waals surface area contributed by atoms with Gasteiger partial charge in [-0.2, -0.15) is 26.3 Å². The third kappa shape index (κ3) is 10.3. The molecule has 33 heavy (non-hydrogen) atoms. The smallest absolute Gasteiger partial charge is 0.416 e. The van der Waals surface area contributed by atoms with E-state index in [0.29, 0.717) is 19.5 Å². The quantitative estimate of drug-likeness (QED) is 0.230. The van der Waals surface area contributed by atoms with Gasteiger partial charge in [-0.3, -0.25) is 5.43 Å². The molecule has 188 valence electrons. The summed E-state index contributed by atoms with van der Waals surface area (Å²) >= 11 is 0. The number of halogens is 6. The SMILES string of the molecule is FC(F)(F)CN(Cc1ccccc1C(F)(F)F)N[C@H]1CCNC1.O=C(O)C(O)C(O)C(=O)O. The number of nitrogens with zero attached hydrogens (tertiary/aromatic N) is 1. The first-order valence-corrected chi connectivity index (χ1v) is 9.37. The Labute approximate surface area is 183 Å². The molecular weight excluding hydrogens is 468 g/mol. The molecule has 1 saturated heterocycles. The van der Waals surface area contributed by atoms with E-state index in [4.69, 9.17) is 20.4 Å². The number of carboxylic acid groups (broad SMARTS) is 2. The van der Waals surface area contributed by atoms with Crippen molar-refractivity contribution in [3.05, 3.63) is 35.4 Å². The molecule has 3 atom stereocenters. The van der Waals surface area contributed by atoms with Gasteiger partial charge < -0.3 is 25.7 Å². The van der Waals surface area contributed by atoms with Crippen LogP contribution in [0.1, 0.15) is 17.5 Å². The first-order valence-electron chi connectivity index (χ1n) is 9.37. The van der Waals surface area contributed by atoms with Crippen LogP contribution in [0.5, 0.6) is 0 Å². The molecule has 0 saturated carbocycles. The van der Waals surface area contributed by atoms with Gasteiger partial charge in [-0.05, 0) is 24.6 Å². The van der Waals surface area contributed by atoms with Gasteiger partial charge in [0.1, 0.15) is 6.54 Å². The predicted molar refractivity (Wildman–Crippen MR) is 99.6 cm³/mol. The van der Waals surface area contributed by atoms with Crippen LogP contribution in [0.4, 0.5) is 26.3 Å². The molecule has 0 aromatic heterocycles. The molecule has 9 nitrogen and oxygen atoms in total. The largest absolute Gasteiger partial charge is 0.479 e. The minimum Gasteiger partial charge on any atom is -0.479 e. The number of nitrogens with one attached hydrogen (secondary N) is 2. The monoisotopic (exact) mass is 491 g/mol. The van der Waals surface area contributed by atoms with Crippen molar-refractivity contribution in [2.24, 2.45) is 0 Å². The van der Waals surface area contributed by atoms with Crippen molar-refractivity contribution in [2.45, 2.75) is 43.6 Å². The average molecular weight is 491 g/mol. The lowest BCUT2D eigenvalue weighted by Gasteiger charge is -2.28. The highest BCUT2D eigenvalue weighted by Crippen LogP contribution is 2.32. The molecule has 2 unspecified atom stereocenters.